The summed E-state index contributed by atoms with van der Waals surface area (Å²) in [4.78, 5) is 4.30. The third-order valence-corrected chi connectivity index (χ3v) is 9.31. The van der Waals surface area contributed by atoms with Crippen LogP contribution in [-0.2, 0) is 0 Å². The number of rotatable bonds is 2. The van der Waals surface area contributed by atoms with Crippen LogP contribution in [0.3, 0.4) is 0 Å². The van der Waals surface area contributed by atoms with Gasteiger partial charge >= 0.3 is 0 Å². The van der Waals surface area contributed by atoms with E-state index in [9.17, 15) is 0 Å². The molecule has 39 heavy (non-hydrogen) atoms. The molecule has 0 saturated heterocycles. The highest BCUT2D eigenvalue weighted by Crippen LogP contribution is 2.46. The van der Waals surface area contributed by atoms with Crippen LogP contribution in [0.4, 0.5) is 11.4 Å². The molecule has 0 amide bonds. The molecule has 0 fully saturated rings. The van der Waals surface area contributed by atoms with Crippen molar-refractivity contribution in [2.45, 2.75) is 6.04 Å². The second kappa shape index (κ2) is 7.85. The number of benzene rings is 4. The van der Waals surface area contributed by atoms with Crippen molar-refractivity contribution in [1.29, 1.82) is 0 Å². The van der Waals surface area contributed by atoms with Gasteiger partial charge in [-0.3, -0.25) is 4.98 Å². The van der Waals surface area contributed by atoms with Gasteiger partial charge in [-0.25, -0.2) is 0 Å². The normalized spacial score (nSPS) is 16.2. The lowest BCUT2D eigenvalue weighted by Gasteiger charge is -2.24. The molecule has 0 N–H and O–H groups in total. The zero-order valence-electron chi connectivity index (χ0n) is 21.0. The molecule has 182 valence electrons. The Morgan fingerprint density at radius 2 is 1.62 bits per heavy atom. The molecule has 4 heterocycles. The number of pyridine rings is 1. The van der Waals surface area contributed by atoms with E-state index in [1.165, 1.54) is 64.6 Å². The summed E-state index contributed by atoms with van der Waals surface area (Å²) in [6.07, 6.45) is 12.7. The highest BCUT2D eigenvalue weighted by Gasteiger charge is 2.37. The number of thiophene rings is 1. The van der Waals surface area contributed by atoms with E-state index in [2.05, 4.69) is 123 Å². The molecule has 1 aliphatic carbocycles. The minimum atomic E-state index is 0.120. The highest BCUT2D eigenvalue weighted by molar-refractivity contribution is 7.25. The van der Waals surface area contributed by atoms with Crippen LogP contribution >= 0.6 is 11.3 Å². The van der Waals surface area contributed by atoms with Crippen molar-refractivity contribution >= 4 is 70.4 Å². The standard InChI is InChI=1S/C35H22N3S/c1-4-13-33-25(8-1)28-19-27-26-9-5-12-31-35(26)38(32(27)20-34(28)39-33)30-11-3-2-10-29(30)37(31)24-16-14-22(15-17-24)23-7-6-18-36-21-23/h1-21,30H/q+1. The molecular weight excluding hydrogens is 494 g/mol. The van der Waals surface area contributed by atoms with Crippen LogP contribution in [0.1, 0.15) is 6.04 Å². The lowest BCUT2D eigenvalue weighted by Crippen LogP contribution is -2.30. The Morgan fingerprint density at radius 3 is 2.51 bits per heavy atom. The van der Waals surface area contributed by atoms with E-state index < -0.39 is 0 Å². The van der Waals surface area contributed by atoms with Crippen molar-refractivity contribution in [2.24, 2.45) is 0 Å². The van der Waals surface area contributed by atoms with Crippen LogP contribution in [0.2, 0.25) is 0 Å². The molecule has 1 aliphatic heterocycles. The summed E-state index contributed by atoms with van der Waals surface area (Å²) in [7, 11) is 0. The molecule has 4 aromatic carbocycles. The molecule has 7 aromatic rings. The predicted molar refractivity (Wildman–Crippen MR) is 166 cm³/mol. The van der Waals surface area contributed by atoms with Crippen LogP contribution in [0.15, 0.2) is 128 Å². The molecule has 9 rings (SSSR count). The van der Waals surface area contributed by atoms with Crippen LogP contribution in [-0.4, -0.2) is 15.3 Å². The van der Waals surface area contributed by atoms with E-state index in [4.69, 9.17) is 0 Å². The maximum atomic E-state index is 4.30. The number of nitrogens with zero attached hydrogens (tertiary/aromatic N) is 3. The Hall–Kier alpha value is -4.80. The zero-order chi connectivity index (χ0) is 25.5. The van der Waals surface area contributed by atoms with Gasteiger partial charge in [0.15, 0.2) is 0 Å². The number of aromatic nitrogens is 2. The molecule has 3 aromatic heterocycles. The number of fused-ring (bicyclic) bond motifs is 8. The first kappa shape index (κ1) is 21.2. The van der Waals surface area contributed by atoms with Gasteiger partial charge < -0.3 is 4.57 Å². The third-order valence-electron chi connectivity index (χ3n) is 8.17. The molecule has 0 spiro atoms. The van der Waals surface area contributed by atoms with Gasteiger partial charge in [0.25, 0.3) is 0 Å². The number of allylic oxidation sites excluding steroid dienone is 4. The SMILES string of the molecule is C1=CC2=[N+](c3ccc(-c4cccnc4)cc3)c3cccc4c5cc6c(cc5n(c34)C2C=C1)sc1ccccc16. The maximum absolute atomic E-state index is 4.30. The predicted octanol–water partition coefficient (Wildman–Crippen LogP) is 9.18. The van der Waals surface area contributed by atoms with Gasteiger partial charge in [-0.1, -0.05) is 54.6 Å². The molecule has 0 bridgehead atoms. The van der Waals surface area contributed by atoms with Crippen molar-refractivity contribution < 1.29 is 0 Å². The van der Waals surface area contributed by atoms with Gasteiger partial charge in [-0.2, -0.15) is 4.58 Å². The van der Waals surface area contributed by atoms with E-state index >= 15 is 0 Å². The quantitative estimate of drug-likeness (QED) is 0.210. The van der Waals surface area contributed by atoms with Gasteiger partial charge in [0.2, 0.25) is 17.1 Å². The summed E-state index contributed by atoms with van der Waals surface area (Å²) in [6, 6.07) is 33.4. The number of hydrogen-bond donors (Lipinski definition) is 0. The Labute approximate surface area is 228 Å². The minimum absolute atomic E-state index is 0.120. The topological polar surface area (TPSA) is 20.8 Å². The van der Waals surface area contributed by atoms with E-state index in [0.29, 0.717) is 0 Å². The third kappa shape index (κ3) is 2.92. The summed E-state index contributed by atoms with van der Waals surface area (Å²) in [5, 5.41) is 5.31. The monoisotopic (exact) mass is 516 g/mol. The van der Waals surface area contributed by atoms with E-state index in [-0.39, 0.29) is 6.04 Å². The van der Waals surface area contributed by atoms with Crippen LogP contribution in [0.5, 0.6) is 0 Å². The van der Waals surface area contributed by atoms with Crippen molar-refractivity contribution in [3.05, 3.63) is 128 Å². The number of para-hydroxylation sites is 1. The Kier molecular flexibility index (Phi) is 4.26. The molecule has 1 unspecified atom stereocenters. The largest absolute Gasteiger partial charge is 0.318 e. The molecule has 2 aliphatic rings. The number of hydrogen-bond acceptors (Lipinski definition) is 2. The lowest BCUT2D eigenvalue weighted by molar-refractivity contribution is 0.781. The molecule has 3 nitrogen and oxygen atoms in total. The lowest BCUT2D eigenvalue weighted by atomic mass is 10.0. The van der Waals surface area contributed by atoms with E-state index in [1.54, 1.807) is 0 Å². The van der Waals surface area contributed by atoms with Gasteiger partial charge in [0.05, 0.1) is 5.52 Å². The highest BCUT2D eigenvalue weighted by atomic mass is 32.1. The van der Waals surface area contributed by atoms with Crippen molar-refractivity contribution in [1.82, 2.24) is 14.1 Å². The van der Waals surface area contributed by atoms with E-state index in [1.807, 2.05) is 29.8 Å². The van der Waals surface area contributed by atoms with Crippen molar-refractivity contribution in [2.75, 3.05) is 0 Å². The van der Waals surface area contributed by atoms with Gasteiger partial charge in [0, 0.05) is 67.6 Å². The van der Waals surface area contributed by atoms with Gasteiger partial charge in [-0.05, 0) is 47.5 Å². The molecule has 0 saturated carbocycles. The summed E-state index contributed by atoms with van der Waals surface area (Å²) in [6.45, 7) is 0. The first-order valence-electron chi connectivity index (χ1n) is 13.3. The Balaban J connectivity index is 1.32. The van der Waals surface area contributed by atoms with E-state index in [0.717, 1.165) is 5.56 Å². The fourth-order valence-electron chi connectivity index (χ4n) is 6.48. The van der Waals surface area contributed by atoms with Gasteiger partial charge in [0.1, 0.15) is 11.6 Å². The first-order chi connectivity index (χ1) is 19.3. The average Bonchev–Trinajstić information content (AvgIpc) is 3.53. The fraction of sp³-hybridized carbons (Fsp3) is 0.0286. The molecule has 0 radical (unpaired) electrons. The summed E-state index contributed by atoms with van der Waals surface area (Å²) in [5.74, 6) is 0. The van der Waals surface area contributed by atoms with Gasteiger partial charge in [-0.15, -0.1) is 11.3 Å². The Bertz CT molecular complexity index is 2210. The van der Waals surface area contributed by atoms with Crippen LogP contribution in [0, 0.1) is 0 Å². The minimum Gasteiger partial charge on any atom is -0.318 e. The molecular formula is C35H22N3S+. The molecule has 4 heteroatoms. The smallest absolute Gasteiger partial charge is 0.235 e. The Morgan fingerprint density at radius 1 is 0.718 bits per heavy atom. The second-order valence-corrected chi connectivity index (χ2v) is 11.3. The second-order valence-electron chi connectivity index (χ2n) is 10.2. The summed E-state index contributed by atoms with van der Waals surface area (Å²) < 4.78 is 7.68. The summed E-state index contributed by atoms with van der Waals surface area (Å²) >= 11 is 1.89. The van der Waals surface area contributed by atoms with Crippen molar-refractivity contribution in [3.63, 3.8) is 0 Å². The molecule has 1 atom stereocenters. The average molecular weight is 517 g/mol. The maximum Gasteiger partial charge on any atom is 0.235 e. The zero-order valence-corrected chi connectivity index (χ0v) is 21.8. The van der Waals surface area contributed by atoms with Crippen LogP contribution in [0.25, 0.3) is 53.1 Å². The fourth-order valence-corrected chi connectivity index (χ4v) is 7.60. The van der Waals surface area contributed by atoms with Crippen LogP contribution < -0.4 is 4.58 Å². The first-order valence-corrected chi connectivity index (χ1v) is 14.1. The summed E-state index contributed by atoms with van der Waals surface area (Å²) in [5.41, 5.74) is 8.54. The van der Waals surface area contributed by atoms with Crippen molar-refractivity contribution in [3.8, 4) is 11.1 Å².